The van der Waals surface area contributed by atoms with Gasteiger partial charge in [-0.3, -0.25) is 9.69 Å². The molecular formula is C13H17F3N4O2. The van der Waals surface area contributed by atoms with Crippen molar-refractivity contribution in [3.63, 3.8) is 0 Å². The van der Waals surface area contributed by atoms with Crippen LogP contribution in [-0.2, 0) is 11.0 Å². The van der Waals surface area contributed by atoms with E-state index in [2.05, 4.69) is 10.2 Å². The molecule has 1 unspecified atom stereocenters. The Morgan fingerprint density at radius 1 is 1.36 bits per heavy atom. The van der Waals surface area contributed by atoms with Gasteiger partial charge in [0, 0.05) is 32.2 Å². The van der Waals surface area contributed by atoms with Crippen molar-refractivity contribution >= 4 is 11.8 Å². The average molecular weight is 318 g/mol. The topological polar surface area (TPSA) is 69.6 Å². The van der Waals surface area contributed by atoms with Crippen LogP contribution in [0.5, 0.6) is 0 Å². The van der Waals surface area contributed by atoms with Crippen molar-refractivity contribution in [1.29, 1.82) is 0 Å². The maximum absolute atomic E-state index is 12.5. The van der Waals surface area contributed by atoms with Crippen molar-refractivity contribution in [1.82, 2.24) is 15.1 Å². The highest BCUT2D eigenvalue weighted by atomic mass is 19.4. The number of carboxylic acid groups (broad SMARTS) is 1. The minimum Gasteiger partial charge on any atom is -0.481 e. The Hall–Kier alpha value is -1.90. The van der Waals surface area contributed by atoms with Crippen molar-refractivity contribution in [2.75, 3.05) is 31.1 Å². The normalized spacial score (nSPS) is 20.2. The second kappa shape index (κ2) is 6.47. The molecule has 1 aliphatic heterocycles. The fraction of sp³-hybridized carbons (Fsp3) is 0.615. The first-order valence-corrected chi connectivity index (χ1v) is 6.89. The smallest absolute Gasteiger partial charge is 0.435 e. The zero-order valence-corrected chi connectivity index (χ0v) is 12.0. The third-order valence-electron chi connectivity index (χ3n) is 3.59. The van der Waals surface area contributed by atoms with E-state index in [4.69, 9.17) is 5.11 Å². The molecule has 1 N–H and O–H groups in total. The first-order valence-electron chi connectivity index (χ1n) is 6.89. The van der Waals surface area contributed by atoms with Crippen molar-refractivity contribution in [3.05, 3.63) is 17.8 Å². The molecule has 1 aliphatic rings. The van der Waals surface area contributed by atoms with Crippen LogP contribution in [0.3, 0.4) is 0 Å². The number of aliphatic carboxylic acids is 1. The number of rotatable bonds is 4. The van der Waals surface area contributed by atoms with Gasteiger partial charge in [-0.05, 0) is 19.1 Å². The first-order chi connectivity index (χ1) is 10.3. The third kappa shape index (κ3) is 4.06. The number of nitrogens with zero attached hydrogens (tertiary/aromatic N) is 4. The zero-order chi connectivity index (χ0) is 16.3. The largest absolute Gasteiger partial charge is 0.481 e. The van der Waals surface area contributed by atoms with Crippen LogP contribution in [0.4, 0.5) is 19.0 Å². The summed E-state index contributed by atoms with van der Waals surface area (Å²) in [6, 6.07) is 2.26. The zero-order valence-electron chi connectivity index (χ0n) is 12.0. The number of piperazine rings is 1. The maximum atomic E-state index is 12.5. The van der Waals surface area contributed by atoms with Gasteiger partial charge < -0.3 is 10.0 Å². The average Bonchev–Trinajstić information content (AvgIpc) is 2.44. The summed E-state index contributed by atoms with van der Waals surface area (Å²) in [7, 11) is 0. The SMILES string of the molecule is CC1CN(CCC(=O)O)CCN1c1ccc(C(F)(F)F)nn1. The molecule has 2 heterocycles. The van der Waals surface area contributed by atoms with Crippen molar-refractivity contribution in [3.8, 4) is 0 Å². The maximum Gasteiger partial charge on any atom is 0.435 e. The number of halogens is 3. The Morgan fingerprint density at radius 3 is 2.59 bits per heavy atom. The summed E-state index contributed by atoms with van der Waals surface area (Å²) >= 11 is 0. The van der Waals surface area contributed by atoms with Gasteiger partial charge in [-0.15, -0.1) is 10.2 Å². The van der Waals surface area contributed by atoms with Crippen LogP contribution in [-0.4, -0.2) is 58.4 Å². The quantitative estimate of drug-likeness (QED) is 0.907. The van der Waals surface area contributed by atoms with Gasteiger partial charge in [0.1, 0.15) is 0 Å². The van der Waals surface area contributed by atoms with Crippen LogP contribution < -0.4 is 4.90 Å². The molecule has 0 spiro atoms. The summed E-state index contributed by atoms with van der Waals surface area (Å²) in [6.07, 6.45) is -4.42. The fourth-order valence-electron chi connectivity index (χ4n) is 2.46. The molecule has 0 aliphatic carbocycles. The minimum atomic E-state index is -4.49. The standard InChI is InChI=1S/C13H17F3N4O2/c1-9-8-19(5-4-12(21)22)6-7-20(9)11-3-2-10(17-18-11)13(14,15)16/h2-3,9H,4-8H2,1H3,(H,21,22). The van der Waals surface area contributed by atoms with Crippen LogP contribution in [0.25, 0.3) is 0 Å². The molecular weight excluding hydrogens is 301 g/mol. The molecule has 1 fully saturated rings. The van der Waals surface area contributed by atoms with E-state index in [0.29, 0.717) is 32.0 Å². The van der Waals surface area contributed by atoms with E-state index in [1.165, 1.54) is 6.07 Å². The predicted octanol–water partition coefficient (Wildman–Crippen LogP) is 1.48. The summed E-state index contributed by atoms with van der Waals surface area (Å²) in [5, 5.41) is 15.6. The first kappa shape index (κ1) is 16.5. The Morgan fingerprint density at radius 2 is 2.09 bits per heavy atom. The molecule has 6 nitrogen and oxygen atoms in total. The lowest BCUT2D eigenvalue weighted by atomic mass is 10.2. The molecule has 122 valence electrons. The Labute approximate surface area is 125 Å². The van der Waals surface area contributed by atoms with Crippen LogP contribution in [0.1, 0.15) is 19.0 Å². The highest BCUT2D eigenvalue weighted by Gasteiger charge is 2.33. The van der Waals surface area contributed by atoms with Gasteiger partial charge in [-0.2, -0.15) is 13.2 Å². The molecule has 0 amide bonds. The third-order valence-corrected chi connectivity index (χ3v) is 3.59. The van der Waals surface area contributed by atoms with E-state index in [-0.39, 0.29) is 12.5 Å². The number of anilines is 1. The van der Waals surface area contributed by atoms with Crippen molar-refractivity contribution in [2.24, 2.45) is 0 Å². The Bertz CT molecular complexity index is 521. The number of carbonyl (C=O) groups is 1. The number of carboxylic acids is 1. The molecule has 22 heavy (non-hydrogen) atoms. The van der Waals surface area contributed by atoms with Gasteiger partial charge in [-0.1, -0.05) is 0 Å². The fourth-order valence-corrected chi connectivity index (χ4v) is 2.46. The Balaban J connectivity index is 1.98. The molecule has 0 bridgehead atoms. The van der Waals surface area contributed by atoms with Crippen LogP contribution in [0.2, 0.25) is 0 Å². The van der Waals surface area contributed by atoms with Gasteiger partial charge >= 0.3 is 12.1 Å². The minimum absolute atomic E-state index is 0.0218. The van der Waals surface area contributed by atoms with E-state index in [0.717, 1.165) is 6.07 Å². The van der Waals surface area contributed by atoms with Gasteiger partial charge in [0.25, 0.3) is 0 Å². The molecule has 1 aromatic heterocycles. The Kier molecular flexibility index (Phi) is 4.84. The number of alkyl halides is 3. The summed E-state index contributed by atoms with van der Waals surface area (Å²) in [6.45, 7) is 4.23. The number of aromatic nitrogens is 2. The van der Waals surface area contributed by atoms with Gasteiger partial charge in [0.05, 0.1) is 6.42 Å². The molecule has 1 saturated heterocycles. The highest BCUT2D eigenvalue weighted by molar-refractivity contribution is 5.66. The van der Waals surface area contributed by atoms with Crippen LogP contribution in [0.15, 0.2) is 12.1 Å². The second-order valence-corrected chi connectivity index (χ2v) is 5.26. The summed E-state index contributed by atoms with van der Waals surface area (Å²) in [5.74, 6) is -0.443. The van der Waals surface area contributed by atoms with E-state index < -0.39 is 17.8 Å². The molecule has 1 atom stereocenters. The lowest BCUT2D eigenvalue weighted by Gasteiger charge is -2.40. The molecule has 0 aromatic carbocycles. The molecule has 0 radical (unpaired) electrons. The predicted molar refractivity (Wildman–Crippen MR) is 72.5 cm³/mol. The molecule has 0 saturated carbocycles. The van der Waals surface area contributed by atoms with Gasteiger partial charge in [0.15, 0.2) is 11.5 Å². The summed E-state index contributed by atoms with van der Waals surface area (Å²) in [4.78, 5) is 14.5. The highest BCUT2D eigenvalue weighted by Crippen LogP contribution is 2.28. The molecule has 2 rings (SSSR count). The lowest BCUT2D eigenvalue weighted by molar-refractivity contribution is -0.141. The van der Waals surface area contributed by atoms with E-state index >= 15 is 0 Å². The molecule has 9 heteroatoms. The van der Waals surface area contributed by atoms with E-state index in [9.17, 15) is 18.0 Å². The number of hydrogen-bond acceptors (Lipinski definition) is 5. The van der Waals surface area contributed by atoms with Crippen LogP contribution >= 0.6 is 0 Å². The van der Waals surface area contributed by atoms with E-state index in [1.807, 2.05) is 16.7 Å². The van der Waals surface area contributed by atoms with Gasteiger partial charge in [-0.25, -0.2) is 0 Å². The summed E-state index contributed by atoms with van der Waals surface area (Å²) in [5.41, 5.74) is -1.01. The van der Waals surface area contributed by atoms with Crippen molar-refractivity contribution in [2.45, 2.75) is 25.6 Å². The monoisotopic (exact) mass is 318 g/mol. The van der Waals surface area contributed by atoms with Gasteiger partial charge in [0.2, 0.25) is 0 Å². The van der Waals surface area contributed by atoms with Crippen molar-refractivity contribution < 1.29 is 23.1 Å². The van der Waals surface area contributed by atoms with E-state index in [1.54, 1.807) is 0 Å². The molecule has 1 aromatic rings. The van der Waals surface area contributed by atoms with Crippen LogP contribution in [0, 0.1) is 0 Å². The number of hydrogen-bond donors (Lipinski definition) is 1. The lowest BCUT2D eigenvalue weighted by Crippen LogP contribution is -2.52. The second-order valence-electron chi connectivity index (χ2n) is 5.26. The summed E-state index contributed by atoms with van der Waals surface area (Å²) < 4.78 is 37.4.